The first-order chi connectivity index (χ1) is 8.78. The molecule has 0 bridgehead atoms. The lowest BCUT2D eigenvalue weighted by molar-refractivity contribution is -0.125. The molecule has 102 valence electrons. The number of nitrogens with zero attached hydrogens (tertiary/aromatic N) is 1. The Morgan fingerprint density at radius 2 is 1.95 bits per heavy atom. The predicted molar refractivity (Wildman–Crippen MR) is 78.7 cm³/mol. The Morgan fingerprint density at radius 3 is 2.47 bits per heavy atom. The minimum absolute atomic E-state index is 0.245. The number of aryl methyl sites for hydroxylation is 1. The van der Waals surface area contributed by atoms with Crippen molar-refractivity contribution in [3.05, 3.63) is 35.4 Å². The van der Waals surface area contributed by atoms with Crippen LogP contribution in [0.25, 0.3) is 0 Å². The molecule has 19 heavy (non-hydrogen) atoms. The average molecular weight is 299 g/mol. The summed E-state index contributed by atoms with van der Waals surface area (Å²) in [4.78, 5) is 12.0. The number of hydrazone groups is 1. The van der Waals surface area contributed by atoms with Crippen LogP contribution in [0.5, 0.6) is 0 Å². The van der Waals surface area contributed by atoms with Gasteiger partial charge in [-0.25, -0.2) is 5.43 Å². The van der Waals surface area contributed by atoms with Crippen molar-refractivity contribution in [2.45, 2.75) is 31.5 Å². The number of rotatable bonds is 3. The molecule has 0 aliphatic heterocycles. The Labute approximate surface area is 123 Å². The molecule has 1 fully saturated rings. The third kappa shape index (κ3) is 2.63. The molecule has 1 saturated carbocycles. The van der Waals surface area contributed by atoms with Crippen LogP contribution in [0.15, 0.2) is 29.4 Å². The minimum Gasteiger partial charge on any atom is -0.272 e. The van der Waals surface area contributed by atoms with Gasteiger partial charge in [0.05, 0.1) is 11.1 Å². The molecule has 0 saturated heterocycles. The molecule has 0 aromatic heterocycles. The van der Waals surface area contributed by atoms with Crippen molar-refractivity contribution in [3.63, 3.8) is 0 Å². The van der Waals surface area contributed by atoms with Crippen LogP contribution in [0.4, 0.5) is 0 Å². The molecule has 0 unspecified atom stereocenters. The number of alkyl halides is 2. The average Bonchev–Trinajstić information content (AvgIpc) is 2.87. The van der Waals surface area contributed by atoms with E-state index in [1.54, 1.807) is 6.92 Å². The predicted octanol–water partition coefficient (Wildman–Crippen LogP) is 3.42. The molecule has 0 spiro atoms. The number of hydrogen-bond donors (Lipinski definition) is 1. The lowest BCUT2D eigenvalue weighted by Gasteiger charge is -2.10. The monoisotopic (exact) mass is 298 g/mol. The summed E-state index contributed by atoms with van der Waals surface area (Å²) >= 11 is 11.9. The van der Waals surface area contributed by atoms with Gasteiger partial charge in [-0.05, 0) is 32.8 Å². The quantitative estimate of drug-likeness (QED) is 0.518. The molecule has 2 rings (SSSR count). The van der Waals surface area contributed by atoms with Crippen LogP contribution in [0.2, 0.25) is 0 Å². The van der Waals surface area contributed by atoms with Crippen LogP contribution in [0.1, 0.15) is 31.4 Å². The third-order valence-corrected chi connectivity index (χ3v) is 4.72. The number of nitrogens with one attached hydrogen (secondary N) is 1. The van der Waals surface area contributed by atoms with Crippen molar-refractivity contribution < 1.29 is 4.79 Å². The first kappa shape index (κ1) is 14.4. The molecule has 1 atom stereocenters. The zero-order chi connectivity index (χ0) is 14.3. The van der Waals surface area contributed by atoms with Crippen molar-refractivity contribution in [2.75, 3.05) is 0 Å². The number of carbonyl (C=O) groups excluding carboxylic acids is 1. The lowest BCUT2D eigenvalue weighted by atomic mass is 10.1. The van der Waals surface area contributed by atoms with E-state index in [9.17, 15) is 4.79 Å². The standard InChI is InChI=1S/C14H16Cl2N2O/c1-9-6-4-5-7-11(9)10(2)17-18-12(19)13(3)8-14(13,15)16/h4-7H,8H2,1-3H3,(H,18,19)/b17-10-/t13-/m0/s1. The first-order valence-electron chi connectivity index (χ1n) is 6.06. The second kappa shape index (κ2) is 4.80. The lowest BCUT2D eigenvalue weighted by Crippen LogP contribution is -2.30. The van der Waals surface area contributed by atoms with E-state index < -0.39 is 9.75 Å². The molecule has 1 amide bonds. The summed E-state index contributed by atoms with van der Waals surface area (Å²) in [5.41, 5.74) is 4.67. The van der Waals surface area contributed by atoms with E-state index >= 15 is 0 Å². The molecule has 1 aromatic rings. The van der Waals surface area contributed by atoms with Crippen molar-refractivity contribution in [1.82, 2.24) is 5.43 Å². The van der Waals surface area contributed by atoms with Gasteiger partial charge in [0.2, 0.25) is 5.91 Å². The van der Waals surface area contributed by atoms with Gasteiger partial charge in [-0.2, -0.15) is 5.10 Å². The second-order valence-electron chi connectivity index (χ2n) is 5.17. The zero-order valence-electron chi connectivity index (χ0n) is 11.1. The molecule has 1 aromatic carbocycles. The molecular formula is C14H16Cl2N2O. The van der Waals surface area contributed by atoms with Gasteiger partial charge in [0.15, 0.2) is 0 Å². The fourth-order valence-corrected chi connectivity index (χ4v) is 2.65. The number of benzene rings is 1. The maximum absolute atomic E-state index is 12.0. The van der Waals surface area contributed by atoms with Crippen LogP contribution in [0.3, 0.4) is 0 Å². The normalized spacial score (nSPS) is 25.0. The fourth-order valence-electron chi connectivity index (χ4n) is 1.94. The molecule has 5 heteroatoms. The summed E-state index contributed by atoms with van der Waals surface area (Å²) in [7, 11) is 0. The van der Waals surface area contributed by atoms with E-state index in [0.29, 0.717) is 6.42 Å². The van der Waals surface area contributed by atoms with Gasteiger partial charge in [-0.15, -0.1) is 23.2 Å². The molecule has 1 N–H and O–H groups in total. The summed E-state index contributed by atoms with van der Waals surface area (Å²) < 4.78 is -0.969. The van der Waals surface area contributed by atoms with Gasteiger partial charge >= 0.3 is 0 Å². The molecule has 1 aliphatic carbocycles. The number of carbonyl (C=O) groups is 1. The van der Waals surface area contributed by atoms with Gasteiger partial charge in [-0.3, -0.25) is 4.79 Å². The van der Waals surface area contributed by atoms with Crippen molar-refractivity contribution >= 4 is 34.8 Å². The van der Waals surface area contributed by atoms with Gasteiger partial charge < -0.3 is 0 Å². The summed E-state index contributed by atoms with van der Waals surface area (Å²) in [6.45, 7) is 5.59. The molecule has 3 nitrogen and oxygen atoms in total. The van der Waals surface area contributed by atoms with Gasteiger partial charge in [0.25, 0.3) is 0 Å². The number of hydrogen-bond acceptors (Lipinski definition) is 2. The Morgan fingerprint density at radius 1 is 1.37 bits per heavy atom. The van der Waals surface area contributed by atoms with E-state index in [1.807, 2.05) is 38.1 Å². The number of halogens is 2. The highest BCUT2D eigenvalue weighted by molar-refractivity contribution is 6.53. The minimum atomic E-state index is -0.969. The highest BCUT2D eigenvalue weighted by Crippen LogP contribution is 2.63. The Balaban J connectivity index is 2.08. The maximum Gasteiger partial charge on any atom is 0.249 e. The Kier molecular flexibility index (Phi) is 3.63. The second-order valence-corrected chi connectivity index (χ2v) is 6.65. The smallest absolute Gasteiger partial charge is 0.249 e. The molecule has 0 radical (unpaired) electrons. The number of amides is 1. The van der Waals surface area contributed by atoms with E-state index in [-0.39, 0.29) is 5.91 Å². The van der Waals surface area contributed by atoms with Crippen LogP contribution in [0, 0.1) is 12.3 Å². The van der Waals surface area contributed by atoms with Crippen molar-refractivity contribution in [1.29, 1.82) is 0 Å². The summed E-state index contributed by atoms with van der Waals surface area (Å²) in [5, 5.41) is 4.13. The Bertz CT molecular complexity index is 554. The van der Waals surface area contributed by atoms with Crippen molar-refractivity contribution in [2.24, 2.45) is 10.5 Å². The van der Waals surface area contributed by atoms with Crippen molar-refractivity contribution in [3.8, 4) is 0 Å². The molecule has 0 heterocycles. The van der Waals surface area contributed by atoms with E-state index in [2.05, 4.69) is 10.5 Å². The topological polar surface area (TPSA) is 41.5 Å². The van der Waals surface area contributed by atoms with Crippen LogP contribution < -0.4 is 5.43 Å². The first-order valence-corrected chi connectivity index (χ1v) is 6.82. The summed E-state index contributed by atoms with van der Waals surface area (Å²) in [5.74, 6) is -0.245. The third-order valence-electron chi connectivity index (χ3n) is 3.62. The molecular weight excluding hydrogens is 283 g/mol. The summed E-state index contributed by atoms with van der Waals surface area (Å²) in [6.07, 6.45) is 0.452. The van der Waals surface area contributed by atoms with Crippen LogP contribution >= 0.6 is 23.2 Å². The highest BCUT2D eigenvalue weighted by Gasteiger charge is 2.68. The summed E-state index contributed by atoms with van der Waals surface area (Å²) in [6, 6.07) is 7.87. The van der Waals surface area contributed by atoms with Crippen LogP contribution in [-0.4, -0.2) is 16.0 Å². The van der Waals surface area contributed by atoms with E-state index in [1.165, 1.54) is 0 Å². The van der Waals surface area contributed by atoms with Crippen LogP contribution in [-0.2, 0) is 4.79 Å². The van der Waals surface area contributed by atoms with E-state index in [0.717, 1.165) is 16.8 Å². The Hall–Kier alpha value is -1.06. The van der Waals surface area contributed by atoms with Gasteiger partial charge in [0, 0.05) is 5.56 Å². The van der Waals surface area contributed by atoms with Gasteiger partial charge in [-0.1, -0.05) is 24.3 Å². The SMILES string of the molecule is C/C(=N/NC(=O)[C@]1(C)CC1(Cl)Cl)c1ccccc1C. The fraction of sp³-hybridized carbons (Fsp3) is 0.429. The zero-order valence-corrected chi connectivity index (χ0v) is 12.6. The van der Waals surface area contributed by atoms with E-state index in [4.69, 9.17) is 23.2 Å². The largest absolute Gasteiger partial charge is 0.272 e. The van der Waals surface area contributed by atoms with Gasteiger partial charge in [0.1, 0.15) is 4.33 Å². The highest BCUT2D eigenvalue weighted by atomic mass is 35.5. The maximum atomic E-state index is 12.0. The molecule has 1 aliphatic rings.